The third-order valence-corrected chi connectivity index (χ3v) is 7.50. The highest BCUT2D eigenvalue weighted by Crippen LogP contribution is 2.39. The summed E-state index contributed by atoms with van der Waals surface area (Å²) in [5, 5.41) is 0.555. The van der Waals surface area contributed by atoms with E-state index in [1.165, 1.54) is 17.1 Å². The first kappa shape index (κ1) is 24.2. The van der Waals surface area contributed by atoms with E-state index in [1.807, 2.05) is 16.8 Å². The van der Waals surface area contributed by atoms with Crippen LogP contribution in [0.15, 0.2) is 65.8 Å². The Hall–Kier alpha value is -4.81. The Morgan fingerprint density at radius 2 is 1.88 bits per heavy atom. The average molecular weight is 542 g/mol. The number of nitrogens with zero attached hydrogens (tertiary/aromatic N) is 5. The highest BCUT2D eigenvalue weighted by molar-refractivity contribution is 6.01. The van der Waals surface area contributed by atoms with E-state index in [-0.39, 0.29) is 24.0 Å². The second-order valence-corrected chi connectivity index (χ2v) is 9.79. The highest BCUT2D eigenvalue weighted by Gasteiger charge is 2.35. The number of carbonyl (C=O) groups excluding carboxylic acids is 1. The number of amides is 1. The minimum atomic E-state index is -0.890. The van der Waals surface area contributed by atoms with Gasteiger partial charge in [0.25, 0.3) is 11.5 Å². The van der Waals surface area contributed by atoms with Crippen molar-refractivity contribution in [3.63, 3.8) is 0 Å². The van der Waals surface area contributed by atoms with Gasteiger partial charge in [-0.1, -0.05) is 30.3 Å². The Bertz CT molecular complexity index is 1860. The number of nitrogen functional groups attached to an aromatic ring is 1. The van der Waals surface area contributed by atoms with Crippen LogP contribution in [-0.4, -0.2) is 49.6 Å². The van der Waals surface area contributed by atoms with Crippen molar-refractivity contribution in [2.45, 2.75) is 18.7 Å². The number of primary amides is 1. The van der Waals surface area contributed by atoms with E-state index in [4.69, 9.17) is 20.9 Å². The van der Waals surface area contributed by atoms with Gasteiger partial charge in [0.1, 0.15) is 35.3 Å². The number of fused-ring (bicyclic) bond motifs is 2. The zero-order chi connectivity index (χ0) is 27.5. The fraction of sp³-hybridized carbons (Fsp3) is 0.214. The van der Waals surface area contributed by atoms with E-state index in [2.05, 4.69) is 9.97 Å². The van der Waals surface area contributed by atoms with E-state index in [0.717, 1.165) is 0 Å². The van der Waals surface area contributed by atoms with Crippen molar-refractivity contribution in [3.05, 3.63) is 94.0 Å². The molecule has 2 aromatic carbocycles. The lowest BCUT2D eigenvalue weighted by molar-refractivity contribution is -0.0215. The third kappa shape index (κ3) is 3.57. The number of ether oxygens (including phenoxy) is 2. The largest absolute Gasteiger partial charge is 0.383 e. The van der Waals surface area contributed by atoms with Crippen molar-refractivity contribution < 1.29 is 18.7 Å². The van der Waals surface area contributed by atoms with E-state index >= 15 is 4.39 Å². The number of carbonyl (C=O) groups is 1. The average Bonchev–Trinajstić information content (AvgIpc) is 3.44. The van der Waals surface area contributed by atoms with Crippen molar-refractivity contribution in [2.75, 3.05) is 25.6 Å². The predicted octanol–water partition coefficient (Wildman–Crippen LogP) is 2.56. The Kier molecular flexibility index (Phi) is 5.54. The van der Waals surface area contributed by atoms with Gasteiger partial charge in [-0.05, 0) is 23.8 Å². The van der Waals surface area contributed by atoms with Crippen LogP contribution in [0.25, 0.3) is 27.8 Å². The number of benzene rings is 2. The van der Waals surface area contributed by atoms with Crippen LogP contribution in [0, 0.1) is 5.82 Å². The second-order valence-electron chi connectivity index (χ2n) is 9.79. The SMILES string of the molecule is NC(=O)c1c2n(n(-c3ccccc3)c1=O)CCOC2c1ccc(-c2cn(C3COC3)c3ncnc(N)c23)c(F)c1. The fourth-order valence-corrected chi connectivity index (χ4v) is 5.58. The molecule has 1 unspecified atom stereocenters. The number of para-hydroxylation sites is 1. The Morgan fingerprint density at radius 3 is 2.58 bits per heavy atom. The zero-order valence-electron chi connectivity index (χ0n) is 21.2. The van der Waals surface area contributed by atoms with Crippen LogP contribution < -0.4 is 17.0 Å². The molecule has 0 bridgehead atoms. The molecule has 7 rings (SSSR count). The summed E-state index contributed by atoms with van der Waals surface area (Å²) >= 11 is 0. The van der Waals surface area contributed by atoms with Crippen LogP contribution in [0.3, 0.4) is 0 Å². The van der Waals surface area contributed by atoms with E-state index in [9.17, 15) is 9.59 Å². The summed E-state index contributed by atoms with van der Waals surface area (Å²) in [6.45, 7) is 1.61. The minimum absolute atomic E-state index is 0.0705. The van der Waals surface area contributed by atoms with Gasteiger partial charge in [0.05, 0.1) is 49.2 Å². The summed E-state index contributed by atoms with van der Waals surface area (Å²) < 4.78 is 32.3. The number of aromatic nitrogens is 5. The number of anilines is 1. The molecule has 11 nitrogen and oxygen atoms in total. The summed E-state index contributed by atoms with van der Waals surface area (Å²) in [6, 6.07) is 13.7. The first-order valence-corrected chi connectivity index (χ1v) is 12.7. The van der Waals surface area contributed by atoms with E-state index in [1.54, 1.807) is 41.1 Å². The molecule has 1 saturated heterocycles. The third-order valence-electron chi connectivity index (χ3n) is 7.50. The van der Waals surface area contributed by atoms with Gasteiger partial charge in [-0.3, -0.25) is 14.3 Å². The van der Waals surface area contributed by atoms with Crippen LogP contribution in [0.1, 0.15) is 33.8 Å². The van der Waals surface area contributed by atoms with Gasteiger partial charge in [0, 0.05) is 17.3 Å². The molecule has 5 aromatic rings. The number of hydrogen-bond acceptors (Lipinski definition) is 7. The van der Waals surface area contributed by atoms with Gasteiger partial charge in [-0.2, -0.15) is 0 Å². The molecular weight excluding hydrogens is 517 g/mol. The lowest BCUT2D eigenvalue weighted by atomic mass is 9.97. The molecule has 2 aliphatic heterocycles. The van der Waals surface area contributed by atoms with Crippen molar-refractivity contribution in [3.8, 4) is 16.8 Å². The van der Waals surface area contributed by atoms with E-state index in [0.29, 0.717) is 58.9 Å². The summed E-state index contributed by atoms with van der Waals surface area (Å²) in [6.07, 6.45) is 2.31. The molecule has 1 atom stereocenters. The number of hydrogen-bond donors (Lipinski definition) is 2. The van der Waals surface area contributed by atoms with Gasteiger partial charge in [-0.25, -0.2) is 19.0 Å². The molecular formula is C28H24FN7O4. The Labute approximate surface area is 226 Å². The molecule has 4 N–H and O–H groups in total. The second kappa shape index (κ2) is 9.14. The van der Waals surface area contributed by atoms with Gasteiger partial charge in [0.15, 0.2) is 0 Å². The van der Waals surface area contributed by atoms with Crippen molar-refractivity contribution in [1.29, 1.82) is 0 Å². The molecule has 2 aliphatic rings. The summed E-state index contributed by atoms with van der Waals surface area (Å²) in [5.41, 5.74) is 13.9. The smallest absolute Gasteiger partial charge is 0.284 e. The molecule has 0 saturated carbocycles. The first-order chi connectivity index (χ1) is 19.4. The molecule has 1 fully saturated rings. The summed E-state index contributed by atoms with van der Waals surface area (Å²) in [7, 11) is 0. The van der Waals surface area contributed by atoms with Crippen LogP contribution in [0.4, 0.5) is 10.2 Å². The highest BCUT2D eigenvalue weighted by atomic mass is 19.1. The molecule has 0 aliphatic carbocycles. The van der Waals surface area contributed by atoms with Gasteiger partial charge in [0.2, 0.25) is 0 Å². The molecule has 1 amide bonds. The summed E-state index contributed by atoms with van der Waals surface area (Å²) in [5.74, 6) is -1.16. The molecule has 12 heteroatoms. The summed E-state index contributed by atoms with van der Waals surface area (Å²) in [4.78, 5) is 34.4. The maximum atomic E-state index is 15.9. The molecule has 202 valence electrons. The van der Waals surface area contributed by atoms with Gasteiger partial charge >= 0.3 is 0 Å². The Balaban J connectivity index is 1.36. The number of rotatable bonds is 5. The quantitative estimate of drug-likeness (QED) is 0.348. The normalized spacial score (nSPS) is 17.1. The van der Waals surface area contributed by atoms with Crippen molar-refractivity contribution >= 4 is 22.8 Å². The fourth-order valence-electron chi connectivity index (χ4n) is 5.58. The van der Waals surface area contributed by atoms with Crippen molar-refractivity contribution in [2.24, 2.45) is 5.73 Å². The van der Waals surface area contributed by atoms with E-state index < -0.39 is 23.4 Å². The predicted molar refractivity (Wildman–Crippen MR) is 144 cm³/mol. The monoisotopic (exact) mass is 541 g/mol. The van der Waals surface area contributed by atoms with Crippen LogP contribution in [-0.2, 0) is 16.0 Å². The van der Waals surface area contributed by atoms with Crippen LogP contribution in [0.2, 0.25) is 0 Å². The zero-order valence-corrected chi connectivity index (χ0v) is 21.2. The molecule has 0 radical (unpaired) electrons. The number of nitrogens with two attached hydrogens (primary N) is 2. The lowest BCUT2D eigenvalue weighted by Gasteiger charge is -2.28. The van der Waals surface area contributed by atoms with Gasteiger partial charge < -0.3 is 25.5 Å². The first-order valence-electron chi connectivity index (χ1n) is 12.7. The molecule has 40 heavy (non-hydrogen) atoms. The standard InChI is InChI=1S/C28H24FN7O4/c29-20-10-15(6-7-18(20)19-11-34(17-12-39-13-17)27-21(19)25(30)32-14-33-27)24-23-22(26(31)37)28(38)36(35(23)8-9-40-24)16-4-2-1-3-5-16/h1-7,10-11,14,17,24H,8-9,12-13H2,(H2,31,37)(H2,30,32,33). The van der Waals surface area contributed by atoms with Crippen LogP contribution in [0.5, 0.6) is 0 Å². The van der Waals surface area contributed by atoms with Crippen LogP contribution >= 0.6 is 0 Å². The number of halogens is 1. The van der Waals surface area contributed by atoms with Gasteiger partial charge in [-0.15, -0.1) is 0 Å². The minimum Gasteiger partial charge on any atom is -0.383 e. The molecule has 5 heterocycles. The molecule has 0 spiro atoms. The Morgan fingerprint density at radius 1 is 1.07 bits per heavy atom. The van der Waals surface area contributed by atoms with Crippen molar-refractivity contribution in [1.82, 2.24) is 23.9 Å². The lowest BCUT2D eigenvalue weighted by Crippen LogP contribution is -2.30. The topological polar surface area (TPSA) is 145 Å². The maximum Gasteiger partial charge on any atom is 0.284 e. The maximum absolute atomic E-state index is 15.9. The molecule has 3 aromatic heterocycles.